The van der Waals surface area contributed by atoms with Crippen LogP contribution in [0.1, 0.15) is 52.9 Å². The van der Waals surface area contributed by atoms with Gasteiger partial charge in [-0.3, -0.25) is 4.79 Å². The van der Waals surface area contributed by atoms with E-state index in [9.17, 15) is 13.6 Å². The van der Waals surface area contributed by atoms with Gasteiger partial charge in [-0.1, -0.05) is 20.8 Å². The Kier molecular flexibility index (Phi) is 3.41. The van der Waals surface area contributed by atoms with Gasteiger partial charge in [0.15, 0.2) is 0 Å². The van der Waals surface area contributed by atoms with Gasteiger partial charge in [-0.25, -0.2) is 8.78 Å². The zero-order valence-corrected chi connectivity index (χ0v) is 11.5. The number of carbonyl (C=O) groups is 1. The first kappa shape index (κ1) is 13.8. The molecule has 0 spiro atoms. The number of amides is 1. The summed E-state index contributed by atoms with van der Waals surface area (Å²) in [6.07, 6.45) is 1.48. The first-order chi connectivity index (χ1) is 8.21. The molecule has 2 aliphatic rings. The van der Waals surface area contributed by atoms with Gasteiger partial charge in [0, 0.05) is 31.3 Å². The Labute approximate surface area is 108 Å². The van der Waals surface area contributed by atoms with Crippen LogP contribution in [-0.4, -0.2) is 29.3 Å². The summed E-state index contributed by atoms with van der Waals surface area (Å²) < 4.78 is 26.2. The molecule has 2 nitrogen and oxygen atoms in total. The van der Waals surface area contributed by atoms with Gasteiger partial charge in [-0.05, 0) is 24.7 Å². The highest BCUT2D eigenvalue weighted by atomic mass is 19.3. The summed E-state index contributed by atoms with van der Waals surface area (Å²) in [7, 11) is 0. The molecule has 0 aromatic carbocycles. The topological polar surface area (TPSA) is 20.3 Å². The van der Waals surface area contributed by atoms with Crippen LogP contribution in [0.5, 0.6) is 0 Å². The quantitative estimate of drug-likeness (QED) is 0.706. The molecule has 1 aliphatic carbocycles. The molecule has 2 rings (SSSR count). The molecule has 18 heavy (non-hydrogen) atoms. The Bertz CT molecular complexity index is 325. The Morgan fingerprint density at radius 1 is 1.17 bits per heavy atom. The third kappa shape index (κ3) is 2.67. The molecule has 0 N–H and O–H groups in total. The lowest BCUT2D eigenvalue weighted by atomic mass is 9.77. The number of likely N-dealkylation sites (tertiary alicyclic amines) is 1. The van der Waals surface area contributed by atoms with E-state index in [2.05, 4.69) is 20.8 Å². The summed E-state index contributed by atoms with van der Waals surface area (Å²) in [4.78, 5) is 14.2. The van der Waals surface area contributed by atoms with E-state index in [0.29, 0.717) is 12.8 Å². The van der Waals surface area contributed by atoms with Crippen molar-refractivity contribution in [3.63, 3.8) is 0 Å². The molecule has 1 saturated carbocycles. The summed E-state index contributed by atoms with van der Waals surface area (Å²) >= 11 is 0. The maximum atomic E-state index is 13.1. The molecule has 0 radical (unpaired) electrons. The lowest BCUT2D eigenvalue weighted by Crippen LogP contribution is -2.58. The van der Waals surface area contributed by atoms with Crippen LogP contribution >= 0.6 is 0 Å². The van der Waals surface area contributed by atoms with Gasteiger partial charge in [0.1, 0.15) is 0 Å². The fourth-order valence-corrected chi connectivity index (χ4v) is 3.07. The Morgan fingerprint density at radius 3 is 2.11 bits per heavy atom. The maximum absolute atomic E-state index is 13.1. The standard InChI is InChI=1S/C14H23F2NO/c1-13(2,3)11-6-9-17(11)12(18)10-4-7-14(15,16)8-5-10/h10-11H,4-9H2,1-3H3. The van der Waals surface area contributed by atoms with Crippen molar-refractivity contribution in [3.05, 3.63) is 0 Å². The zero-order chi connectivity index (χ0) is 13.6. The molecular formula is C14H23F2NO. The van der Waals surface area contributed by atoms with Gasteiger partial charge in [0.2, 0.25) is 11.8 Å². The van der Waals surface area contributed by atoms with E-state index < -0.39 is 5.92 Å². The van der Waals surface area contributed by atoms with Crippen molar-refractivity contribution in [2.24, 2.45) is 11.3 Å². The van der Waals surface area contributed by atoms with E-state index in [1.807, 2.05) is 4.90 Å². The van der Waals surface area contributed by atoms with Crippen molar-refractivity contribution in [2.75, 3.05) is 6.54 Å². The van der Waals surface area contributed by atoms with E-state index in [1.165, 1.54) is 0 Å². The van der Waals surface area contributed by atoms with Crippen LogP contribution in [0, 0.1) is 11.3 Å². The molecular weight excluding hydrogens is 236 g/mol. The van der Waals surface area contributed by atoms with E-state index in [1.54, 1.807) is 0 Å². The average molecular weight is 259 g/mol. The van der Waals surface area contributed by atoms with E-state index in [0.717, 1.165) is 13.0 Å². The fraction of sp³-hybridized carbons (Fsp3) is 0.929. The van der Waals surface area contributed by atoms with Gasteiger partial charge in [-0.15, -0.1) is 0 Å². The predicted molar refractivity (Wildman–Crippen MR) is 66.5 cm³/mol. The van der Waals surface area contributed by atoms with Crippen LogP contribution in [0.3, 0.4) is 0 Å². The molecule has 0 aromatic rings. The second-order valence-corrected chi connectivity index (χ2v) is 6.83. The third-order valence-electron chi connectivity index (χ3n) is 4.37. The average Bonchev–Trinajstić information content (AvgIpc) is 2.12. The van der Waals surface area contributed by atoms with Crippen molar-refractivity contribution in [2.45, 2.75) is 64.8 Å². The first-order valence-electron chi connectivity index (χ1n) is 6.89. The smallest absolute Gasteiger partial charge is 0.248 e. The molecule has 1 atom stereocenters. The SMILES string of the molecule is CC(C)(C)C1CCN1C(=O)C1CCC(F)(F)CC1. The number of halogens is 2. The Balaban J connectivity index is 1.93. The molecule has 4 heteroatoms. The maximum Gasteiger partial charge on any atom is 0.248 e. The van der Waals surface area contributed by atoms with Gasteiger partial charge >= 0.3 is 0 Å². The number of rotatable bonds is 1. The van der Waals surface area contributed by atoms with Crippen LogP contribution in [0.15, 0.2) is 0 Å². The van der Waals surface area contributed by atoms with Crippen LogP contribution in [0.25, 0.3) is 0 Å². The molecule has 2 fully saturated rings. The fourth-order valence-electron chi connectivity index (χ4n) is 3.07. The molecule has 1 aliphatic heterocycles. The molecule has 0 aromatic heterocycles. The number of nitrogens with zero attached hydrogens (tertiary/aromatic N) is 1. The van der Waals surface area contributed by atoms with Crippen molar-refractivity contribution in [1.29, 1.82) is 0 Å². The molecule has 0 bridgehead atoms. The van der Waals surface area contributed by atoms with E-state index in [4.69, 9.17) is 0 Å². The highest BCUT2D eigenvalue weighted by Crippen LogP contribution is 2.40. The minimum Gasteiger partial charge on any atom is -0.339 e. The molecule has 104 valence electrons. The van der Waals surface area contributed by atoms with Crippen LogP contribution in [-0.2, 0) is 4.79 Å². The molecule has 1 heterocycles. The summed E-state index contributed by atoms with van der Waals surface area (Å²) in [6, 6.07) is 0.285. The van der Waals surface area contributed by atoms with Crippen LogP contribution < -0.4 is 0 Å². The lowest BCUT2D eigenvalue weighted by Gasteiger charge is -2.50. The number of alkyl halides is 2. The summed E-state index contributed by atoms with van der Waals surface area (Å²) in [5.41, 5.74) is 0.0898. The van der Waals surface area contributed by atoms with Crippen LogP contribution in [0.2, 0.25) is 0 Å². The highest BCUT2D eigenvalue weighted by Gasteiger charge is 2.44. The van der Waals surface area contributed by atoms with Gasteiger partial charge in [-0.2, -0.15) is 0 Å². The van der Waals surface area contributed by atoms with E-state index in [-0.39, 0.29) is 36.1 Å². The second-order valence-electron chi connectivity index (χ2n) is 6.83. The van der Waals surface area contributed by atoms with Gasteiger partial charge < -0.3 is 4.90 Å². The minimum absolute atomic E-state index is 0.0898. The largest absolute Gasteiger partial charge is 0.339 e. The predicted octanol–water partition coefficient (Wildman–Crippen LogP) is 3.46. The van der Waals surface area contributed by atoms with Gasteiger partial charge in [0.25, 0.3) is 0 Å². The first-order valence-corrected chi connectivity index (χ1v) is 6.89. The Hall–Kier alpha value is -0.670. The summed E-state index contributed by atoms with van der Waals surface area (Å²) in [5.74, 6) is -2.61. The van der Waals surface area contributed by atoms with Crippen molar-refractivity contribution in [3.8, 4) is 0 Å². The zero-order valence-electron chi connectivity index (χ0n) is 11.5. The highest BCUT2D eigenvalue weighted by molar-refractivity contribution is 5.80. The monoisotopic (exact) mass is 259 g/mol. The van der Waals surface area contributed by atoms with Crippen molar-refractivity contribution in [1.82, 2.24) is 4.90 Å². The molecule has 1 saturated heterocycles. The number of hydrogen-bond donors (Lipinski definition) is 0. The number of carbonyl (C=O) groups excluding carboxylic acids is 1. The summed E-state index contributed by atoms with van der Waals surface area (Å²) in [5, 5.41) is 0. The van der Waals surface area contributed by atoms with Gasteiger partial charge in [0.05, 0.1) is 0 Å². The lowest BCUT2D eigenvalue weighted by molar-refractivity contribution is -0.151. The third-order valence-corrected chi connectivity index (χ3v) is 4.37. The number of hydrogen-bond acceptors (Lipinski definition) is 1. The van der Waals surface area contributed by atoms with E-state index >= 15 is 0 Å². The van der Waals surface area contributed by atoms with Crippen molar-refractivity contribution < 1.29 is 13.6 Å². The summed E-state index contributed by atoms with van der Waals surface area (Å²) in [6.45, 7) is 7.19. The van der Waals surface area contributed by atoms with Crippen LogP contribution in [0.4, 0.5) is 8.78 Å². The van der Waals surface area contributed by atoms with Crippen molar-refractivity contribution >= 4 is 5.91 Å². The molecule has 1 unspecified atom stereocenters. The molecule has 1 amide bonds. The normalized spacial score (nSPS) is 28.9. The Morgan fingerprint density at radius 2 is 1.72 bits per heavy atom. The minimum atomic E-state index is -2.55. The second kappa shape index (κ2) is 4.46.